The van der Waals surface area contributed by atoms with Crippen molar-refractivity contribution in [1.82, 2.24) is 0 Å². The fourth-order valence-electron chi connectivity index (χ4n) is 1.41. The maximum atomic E-state index is 8.69. The SMILES string of the molecule is CC.N#CC1COc2ccccc2C1. The highest BCUT2D eigenvalue weighted by Gasteiger charge is 2.18. The standard InChI is InChI=1S/C10H9NO.C2H6/c11-6-8-5-9-3-1-2-4-10(9)12-7-8;1-2/h1-4,8H,5,7H2;1-2H3. The number of fused-ring (bicyclic) bond motifs is 1. The van der Waals surface area contributed by atoms with Gasteiger partial charge in [-0.2, -0.15) is 5.26 Å². The second kappa shape index (κ2) is 5.29. The lowest BCUT2D eigenvalue weighted by Crippen LogP contribution is -2.18. The van der Waals surface area contributed by atoms with E-state index in [2.05, 4.69) is 6.07 Å². The van der Waals surface area contributed by atoms with Gasteiger partial charge in [-0.3, -0.25) is 0 Å². The molecule has 2 heteroatoms. The molecule has 0 fully saturated rings. The Kier molecular flexibility index (Phi) is 4.00. The Balaban J connectivity index is 0.000000461. The fraction of sp³-hybridized carbons (Fsp3) is 0.417. The molecule has 0 aromatic heterocycles. The number of para-hydroxylation sites is 1. The van der Waals surface area contributed by atoms with Crippen LogP contribution in [0.2, 0.25) is 0 Å². The lowest BCUT2D eigenvalue weighted by Gasteiger charge is -2.20. The second-order valence-electron chi connectivity index (χ2n) is 2.95. The Morgan fingerprint density at radius 2 is 2.07 bits per heavy atom. The smallest absolute Gasteiger partial charge is 0.122 e. The number of hydrogen-bond acceptors (Lipinski definition) is 2. The van der Waals surface area contributed by atoms with Crippen molar-refractivity contribution in [3.05, 3.63) is 29.8 Å². The Hall–Kier alpha value is -1.49. The van der Waals surface area contributed by atoms with Crippen LogP contribution < -0.4 is 4.74 Å². The van der Waals surface area contributed by atoms with Crippen LogP contribution in [0.15, 0.2) is 24.3 Å². The molecule has 0 radical (unpaired) electrons. The summed E-state index contributed by atoms with van der Waals surface area (Å²) in [4.78, 5) is 0. The van der Waals surface area contributed by atoms with Crippen molar-refractivity contribution < 1.29 is 4.74 Å². The third-order valence-electron chi connectivity index (χ3n) is 2.06. The third-order valence-corrected chi connectivity index (χ3v) is 2.06. The van der Waals surface area contributed by atoms with Crippen LogP contribution in [0.5, 0.6) is 5.75 Å². The van der Waals surface area contributed by atoms with Crippen molar-refractivity contribution in [1.29, 1.82) is 5.26 Å². The molecule has 0 aliphatic carbocycles. The van der Waals surface area contributed by atoms with E-state index in [1.807, 2.05) is 38.1 Å². The average Bonchev–Trinajstić information content (AvgIpc) is 2.31. The first kappa shape index (κ1) is 10.6. The summed E-state index contributed by atoms with van der Waals surface area (Å²) in [6.07, 6.45) is 0.826. The molecule has 1 heterocycles. The molecule has 2 rings (SSSR count). The van der Waals surface area contributed by atoms with Gasteiger partial charge in [0.05, 0.1) is 12.0 Å². The zero-order valence-corrected chi connectivity index (χ0v) is 8.66. The normalized spacial score (nSPS) is 17.9. The summed E-state index contributed by atoms with van der Waals surface area (Å²) in [5.74, 6) is 0.962. The number of benzene rings is 1. The number of hydrogen-bond donors (Lipinski definition) is 0. The maximum Gasteiger partial charge on any atom is 0.122 e. The molecule has 1 aliphatic heterocycles. The minimum absolute atomic E-state index is 0.0277. The van der Waals surface area contributed by atoms with Crippen LogP contribution in [-0.4, -0.2) is 6.61 Å². The molecule has 1 aromatic rings. The van der Waals surface area contributed by atoms with E-state index in [1.165, 1.54) is 0 Å². The van der Waals surface area contributed by atoms with Gasteiger partial charge in [0.2, 0.25) is 0 Å². The van der Waals surface area contributed by atoms with Crippen LogP contribution >= 0.6 is 0 Å². The van der Waals surface area contributed by atoms with Gasteiger partial charge in [0, 0.05) is 0 Å². The molecule has 14 heavy (non-hydrogen) atoms. The predicted molar refractivity (Wildman–Crippen MR) is 56.1 cm³/mol. The van der Waals surface area contributed by atoms with Crippen LogP contribution in [-0.2, 0) is 6.42 Å². The van der Waals surface area contributed by atoms with Gasteiger partial charge in [0.15, 0.2) is 0 Å². The van der Waals surface area contributed by atoms with Crippen LogP contribution in [0.3, 0.4) is 0 Å². The molecular weight excluding hydrogens is 174 g/mol. The zero-order valence-electron chi connectivity index (χ0n) is 8.66. The van der Waals surface area contributed by atoms with Crippen molar-refractivity contribution in [2.24, 2.45) is 5.92 Å². The minimum atomic E-state index is 0.0277. The Morgan fingerprint density at radius 3 is 2.79 bits per heavy atom. The summed E-state index contributed by atoms with van der Waals surface area (Å²) in [6, 6.07) is 10.1. The molecular formula is C12H15NO. The van der Waals surface area contributed by atoms with Gasteiger partial charge in [-0.25, -0.2) is 0 Å². The van der Waals surface area contributed by atoms with Crippen molar-refractivity contribution >= 4 is 0 Å². The van der Waals surface area contributed by atoms with Crippen molar-refractivity contribution in [3.8, 4) is 11.8 Å². The molecule has 0 N–H and O–H groups in total. The average molecular weight is 189 g/mol. The van der Waals surface area contributed by atoms with E-state index in [0.717, 1.165) is 17.7 Å². The van der Waals surface area contributed by atoms with Gasteiger partial charge < -0.3 is 4.74 Å². The lowest BCUT2D eigenvalue weighted by molar-refractivity contribution is 0.253. The molecule has 0 amide bonds. The summed E-state index contributed by atoms with van der Waals surface area (Å²) in [5, 5.41) is 8.69. The van der Waals surface area contributed by atoms with E-state index in [1.54, 1.807) is 0 Å². The molecule has 2 nitrogen and oxygen atoms in total. The number of nitriles is 1. The highest BCUT2D eigenvalue weighted by Crippen LogP contribution is 2.26. The van der Waals surface area contributed by atoms with Gasteiger partial charge in [0.1, 0.15) is 12.4 Å². The zero-order chi connectivity index (χ0) is 10.4. The number of nitrogens with zero attached hydrogens (tertiary/aromatic N) is 1. The maximum absolute atomic E-state index is 8.69. The first-order valence-corrected chi connectivity index (χ1v) is 5.00. The van der Waals surface area contributed by atoms with E-state index in [9.17, 15) is 0 Å². The lowest BCUT2D eigenvalue weighted by atomic mass is 9.98. The largest absolute Gasteiger partial charge is 0.492 e. The summed E-state index contributed by atoms with van der Waals surface area (Å²) in [6.45, 7) is 4.54. The topological polar surface area (TPSA) is 33.0 Å². The van der Waals surface area contributed by atoms with Gasteiger partial charge in [-0.05, 0) is 18.1 Å². The van der Waals surface area contributed by atoms with Crippen LogP contribution in [0.25, 0.3) is 0 Å². The molecule has 74 valence electrons. The minimum Gasteiger partial charge on any atom is -0.492 e. The van der Waals surface area contributed by atoms with E-state index in [4.69, 9.17) is 10.00 Å². The molecule has 0 spiro atoms. The van der Waals surface area contributed by atoms with E-state index in [-0.39, 0.29) is 5.92 Å². The third kappa shape index (κ3) is 2.26. The summed E-state index contributed by atoms with van der Waals surface area (Å²) in [5.41, 5.74) is 1.15. The molecule has 1 atom stereocenters. The number of rotatable bonds is 0. The van der Waals surface area contributed by atoms with Crippen molar-refractivity contribution in [3.63, 3.8) is 0 Å². The molecule has 1 unspecified atom stereocenters. The van der Waals surface area contributed by atoms with Crippen molar-refractivity contribution in [2.75, 3.05) is 6.61 Å². The second-order valence-corrected chi connectivity index (χ2v) is 2.95. The van der Waals surface area contributed by atoms with E-state index >= 15 is 0 Å². The van der Waals surface area contributed by atoms with E-state index in [0.29, 0.717) is 6.61 Å². The summed E-state index contributed by atoms with van der Waals surface area (Å²) < 4.78 is 5.40. The Morgan fingerprint density at radius 1 is 1.36 bits per heavy atom. The van der Waals surface area contributed by atoms with Gasteiger partial charge in [-0.15, -0.1) is 0 Å². The highest BCUT2D eigenvalue weighted by molar-refractivity contribution is 5.35. The first-order chi connectivity index (χ1) is 6.90. The van der Waals surface area contributed by atoms with Gasteiger partial charge in [0.25, 0.3) is 0 Å². The predicted octanol–water partition coefficient (Wildman–Crippen LogP) is 2.79. The molecule has 0 bridgehead atoms. The number of ether oxygens (including phenoxy) is 1. The van der Waals surface area contributed by atoms with Crippen molar-refractivity contribution in [2.45, 2.75) is 20.3 Å². The van der Waals surface area contributed by atoms with Crippen LogP contribution in [0, 0.1) is 17.2 Å². The molecule has 0 saturated carbocycles. The van der Waals surface area contributed by atoms with E-state index < -0.39 is 0 Å². The summed E-state index contributed by atoms with van der Waals surface area (Å²) >= 11 is 0. The van der Waals surface area contributed by atoms with Gasteiger partial charge >= 0.3 is 0 Å². The fourth-order valence-corrected chi connectivity index (χ4v) is 1.41. The summed E-state index contributed by atoms with van der Waals surface area (Å²) in [7, 11) is 0. The Labute approximate surface area is 85.1 Å². The van der Waals surface area contributed by atoms with Gasteiger partial charge in [-0.1, -0.05) is 32.0 Å². The molecule has 1 aromatic carbocycles. The Bertz CT molecular complexity index is 327. The van der Waals surface area contributed by atoms with Crippen LogP contribution in [0.1, 0.15) is 19.4 Å². The highest BCUT2D eigenvalue weighted by atomic mass is 16.5. The first-order valence-electron chi connectivity index (χ1n) is 5.00. The molecule has 0 saturated heterocycles. The van der Waals surface area contributed by atoms with Crippen LogP contribution in [0.4, 0.5) is 0 Å². The quantitative estimate of drug-likeness (QED) is 0.628. The monoisotopic (exact) mass is 189 g/mol. The molecule has 1 aliphatic rings.